The average molecular weight is 461 g/mol. The van der Waals surface area contributed by atoms with Crippen LogP contribution in [-0.4, -0.2) is 29.0 Å². The van der Waals surface area contributed by atoms with Crippen molar-refractivity contribution in [3.8, 4) is 0 Å². The Labute approximate surface area is 204 Å². The van der Waals surface area contributed by atoms with Crippen LogP contribution in [0.15, 0.2) is 103 Å². The number of anilines is 1. The number of benzene rings is 4. The SMILES string of the molecule is Cc1ccc2c(c1)C(c1ccccc1)N(C(=O)c1ccc(C(=O)c3ccccc3)cc1)CC(=O)N2. The summed E-state index contributed by atoms with van der Waals surface area (Å²) in [7, 11) is 0. The van der Waals surface area contributed by atoms with Crippen molar-refractivity contribution in [2.75, 3.05) is 11.9 Å². The Morgan fingerprint density at radius 3 is 2.06 bits per heavy atom. The smallest absolute Gasteiger partial charge is 0.255 e. The maximum Gasteiger partial charge on any atom is 0.255 e. The molecule has 1 aliphatic rings. The molecule has 1 aliphatic heterocycles. The van der Waals surface area contributed by atoms with Gasteiger partial charge in [-0.3, -0.25) is 14.4 Å². The number of carbonyl (C=O) groups excluding carboxylic acids is 3. The third-order valence-corrected chi connectivity index (χ3v) is 6.21. The molecule has 0 bridgehead atoms. The van der Waals surface area contributed by atoms with E-state index >= 15 is 0 Å². The Kier molecular flexibility index (Phi) is 5.98. The van der Waals surface area contributed by atoms with Gasteiger partial charge < -0.3 is 10.2 Å². The van der Waals surface area contributed by atoms with Crippen molar-refractivity contribution < 1.29 is 14.4 Å². The normalized spacial score (nSPS) is 15.1. The molecule has 0 saturated carbocycles. The summed E-state index contributed by atoms with van der Waals surface area (Å²) in [6, 6.07) is 30.8. The highest BCUT2D eigenvalue weighted by Crippen LogP contribution is 2.37. The summed E-state index contributed by atoms with van der Waals surface area (Å²) in [4.78, 5) is 41.0. The minimum atomic E-state index is -0.442. The summed E-state index contributed by atoms with van der Waals surface area (Å²) in [5.41, 5.74) is 5.03. The Morgan fingerprint density at radius 1 is 0.771 bits per heavy atom. The number of hydrogen-bond acceptors (Lipinski definition) is 3. The van der Waals surface area contributed by atoms with Crippen molar-refractivity contribution in [2.24, 2.45) is 0 Å². The first-order valence-corrected chi connectivity index (χ1v) is 11.5. The molecule has 1 unspecified atom stereocenters. The molecule has 0 aromatic heterocycles. The number of nitrogens with zero attached hydrogens (tertiary/aromatic N) is 1. The van der Waals surface area contributed by atoms with Crippen LogP contribution < -0.4 is 5.32 Å². The molecule has 5 nitrogen and oxygen atoms in total. The van der Waals surface area contributed by atoms with E-state index in [1.54, 1.807) is 41.3 Å². The highest BCUT2D eigenvalue weighted by atomic mass is 16.2. The van der Waals surface area contributed by atoms with E-state index in [4.69, 9.17) is 0 Å². The Morgan fingerprint density at radius 2 is 1.37 bits per heavy atom. The predicted molar refractivity (Wildman–Crippen MR) is 135 cm³/mol. The van der Waals surface area contributed by atoms with Crippen LogP contribution in [0.3, 0.4) is 0 Å². The number of fused-ring (bicyclic) bond motifs is 1. The van der Waals surface area contributed by atoms with Gasteiger partial charge in [-0.15, -0.1) is 0 Å². The number of carbonyl (C=O) groups is 3. The monoisotopic (exact) mass is 460 g/mol. The van der Waals surface area contributed by atoms with Gasteiger partial charge in [-0.2, -0.15) is 0 Å². The van der Waals surface area contributed by atoms with Crippen molar-refractivity contribution in [2.45, 2.75) is 13.0 Å². The Balaban J connectivity index is 1.53. The van der Waals surface area contributed by atoms with E-state index in [-0.39, 0.29) is 24.1 Å². The molecule has 0 spiro atoms. The van der Waals surface area contributed by atoms with E-state index in [1.165, 1.54) is 0 Å². The van der Waals surface area contributed by atoms with E-state index in [0.717, 1.165) is 16.7 Å². The molecule has 2 amide bonds. The van der Waals surface area contributed by atoms with Gasteiger partial charge in [0.05, 0.1) is 6.04 Å². The molecule has 4 aromatic carbocycles. The summed E-state index contributed by atoms with van der Waals surface area (Å²) in [5.74, 6) is -0.634. The van der Waals surface area contributed by atoms with Gasteiger partial charge >= 0.3 is 0 Å². The topological polar surface area (TPSA) is 66.5 Å². The van der Waals surface area contributed by atoms with Gasteiger partial charge in [0.15, 0.2) is 5.78 Å². The number of amides is 2. The number of hydrogen-bond donors (Lipinski definition) is 1. The zero-order valence-electron chi connectivity index (χ0n) is 19.3. The zero-order valence-corrected chi connectivity index (χ0v) is 19.3. The van der Waals surface area contributed by atoms with E-state index < -0.39 is 6.04 Å². The number of rotatable bonds is 4. The van der Waals surface area contributed by atoms with Crippen LogP contribution in [0.5, 0.6) is 0 Å². The third-order valence-electron chi connectivity index (χ3n) is 6.21. The van der Waals surface area contributed by atoms with Gasteiger partial charge in [0.25, 0.3) is 5.91 Å². The van der Waals surface area contributed by atoms with Crippen LogP contribution in [-0.2, 0) is 4.79 Å². The van der Waals surface area contributed by atoms with E-state index in [1.807, 2.05) is 73.7 Å². The van der Waals surface area contributed by atoms with Crippen molar-refractivity contribution in [1.82, 2.24) is 4.90 Å². The molecular weight excluding hydrogens is 436 g/mol. The highest BCUT2D eigenvalue weighted by Gasteiger charge is 2.34. The first-order valence-electron chi connectivity index (χ1n) is 11.5. The lowest BCUT2D eigenvalue weighted by Crippen LogP contribution is -2.39. The number of ketones is 1. The maximum atomic E-state index is 13.8. The van der Waals surface area contributed by atoms with Gasteiger partial charge in [-0.1, -0.05) is 90.5 Å². The lowest BCUT2D eigenvalue weighted by Gasteiger charge is -2.31. The van der Waals surface area contributed by atoms with Gasteiger partial charge in [-0.25, -0.2) is 0 Å². The third kappa shape index (κ3) is 4.49. The van der Waals surface area contributed by atoms with Crippen LogP contribution >= 0.6 is 0 Å². The number of nitrogens with one attached hydrogen (secondary N) is 1. The molecular formula is C30H24N2O3. The molecule has 1 heterocycles. The van der Waals surface area contributed by atoms with Crippen LogP contribution in [0.4, 0.5) is 5.69 Å². The first-order chi connectivity index (χ1) is 17.0. The molecule has 4 aromatic rings. The molecule has 5 rings (SSSR count). The lowest BCUT2D eigenvalue weighted by atomic mass is 9.94. The van der Waals surface area contributed by atoms with Gasteiger partial charge in [0, 0.05) is 27.9 Å². The Bertz CT molecular complexity index is 1400. The zero-order chi connectivity index (χ0) is 24.4. The van der Waals surface area contributed by atoms with Crippen LogP contribution in [0.2, 0.25) is 0 Å². The fourth-order valence-corrected chi connectivity index (χ4v) is 4.50. The molecule has 172 valence electrons. The second kappa shape index (κ2) is 9.39. The van der Waals surface area contributed by atoms with E-state index in [9.17, 15) is 14.4 Å². The van der Waals surface area contributed by atoms with Crippen molar-refractivity contribution >= 4 is 23.3 Å². The minimum Gasteiger partial charge on any atom is -0.324 e. The molecule has 1 atom stereocenters. The fraction of sp³-hybridized carbons (Fsp3) is 0.100. The standard InChI is InChI=1S/C30H24N2O3/c1-20-12-17-26-25(18-20)28(21-8-4-2-5-9-21)32(19-27(33)31-26)30(35)24-15-13-23(14-16-24)29(34)22-10-6-3-7-11-22/h2-18,28H,19H2,1H3,(H,31,33). The molecule has 35 heavy (non-hydrogen) atoms. The van der Waals surface area contributed by atoms with Gasteiger partial charge in [-0.05, 0) is 30.7 Å². The summed E-state index contributed by atoms with van der Waals surface area (Å²) < 4.78 is 0. The van der Waals surface area contributed by atoms with Crippen molar-refractivity contribution in [3.63, 3.8) is 0 Å². The molecule has 0 aliphatic carbocycles. The molecule has 0 saturated heterocycles. The van der Waals surface area contributed by atoms with Crippen LogP contribution in [0.1, 0.15) is 49.0 Å². The lowest BCUT2D eigenvalue weighted by molar-refractivity contribution is -0.117. The molecule has 5 heteroatoms. The second-order valence-electron chi connectivity index (χ2n) is 8.66. The average Bonchev–Trinajstić information content (AvgIpc) is 3.04. The van der Waals surface area contributed by atoms with E-state index in [2.05, 4.69) is 5.32 Å². The minimum absolute atomic E-state index is 0.0865. The second-order valence-corrected chi connectivity index (χ2v) is 8.66. The van der Waals surface area contributed by atoms with Gasteiger partial charge in [0.2, 0.25) is 5.91 Å². The largest absolute Gasteiger partial charge is 0.324 e. The first kappa shape index (κ1) is 22.3. The van der Waals surface area contributed by atoms with Crippen LogP contribution in [0.25, 0.3) is 0 Å². The summed E-state index contributed by atoms with van der Waals surface area (Å²) in [6.45, 7) is 1.90. The number of aryl methyl sites for hydroxylation is 1. The molecule has 0 fully saturated rings. The quantitative estimate of drug-likeness (QED) is 0.414. The highest BCUT2D eigenvalue weighted by molar-refractivity contribution is 6.09. The summed E-state index contributed by atoms with van der Waals surface area (Å²) in [5, 5.41) is 2.95. The molecule has 0 radical (unpaired) electrons. The van der Waals surface area contributed by atoms with Crippen LogP contribution in [0, 0.1) is 6.92 Å². The predicted octanol–water partition coefficient (Wildman–Crippen LogP) is 5.41. The maximum absolute atomic E-state index is 13.8. The van der Waals surface area contributed by atoms with E-state index in [0.29, 0.717) is 22.4 Å². The summed E-state index contributed by atoms with van der Waals surface area (Å²) in [6.07, 6.45) is 0. The van der Waals surface area contributed by atoms with Gasteiger partial charge in [0.1, 0.15) is 6.54 Å². The van der Waals surface area contributed by atoms with Crippen molar-refractivity contribution in [1.29, 1.82) is 0 Å². The van der Waals surface area contributed by atoms with Crippen molar-refractivity contribution in [3.05, 3.63) is 137 Å². The summed E-state index contributed by atoms with van der Waals surface area (Å²) >= 11 is 0. The fourth-order valence-electron chi connectivity index (χ4n) is 4.50. The molecule has 1 N–H and O–H groups in total. The Hall–Kier alpha value is -4.51.